The molecule has 0 radical (unpaired) electrons. The smallest absolute Gasteiger partial charge is 1.00 e. The summed E-state index contributed by atoms with van der Waals surface area (Å²) in [5.41, 5.74) is 0. The third-order valence-electron chi connectivity index (χ3n) is 0.0556. The minimum atomic E-state index is -2.61. The summed E-state index contributed by atoms with van der Waals surface area (Å²) in [6, 6.07) is 0. The Kier molecular flexibility index (Phi) is 28.4. The van der Waals surface area contributed by atoms with Gasteiger partial charge in [0.2, 0.25) is 0 Å². The monoisotopic (exact) mass is 164 g/mol. The predicted molar refractivity (Wildman–Crippen MR) is 26.6 cm³/mol. The summed E-state index contributed by atoms with van der Waals surface area (Å²) in [5, 5.41) is 0. The van der Waals surface area contributed by atoms with Crippen molar-refractivity contribution in [3.8, 4) is 0 Å². The van der Waals surface area contributed by atoms with Crippen LogP contribution >= 0.6 is 0 Å². The molecule has 0 aliphatic carbocycles. The first kappa shape index (κ1) is 16.2. The van der Waals surface area contributed by atoms with Crippen molar-refractivity contribution in [3.63, 3.8) is 0 Å². The topological polar surface area (TPSA) is 91.7 Å². The average molecular weight is 164 g/mol. The second-order valence-corrected chi connectivity index (χ2v) is 0.964. The van der Waals surface area contributed by atoms with Crippen molar-refractivity contribution in [2.24, 2.45) is 0 Å². The summed E-state index contributed by atoms with van der Waals surface area (Å²) >= 11 is -2.61. The zero-order valence-electron chi connectivity index (χ0n) is 5.68. The maximum Gasteiger partial charge on any atom is 1.00 e. The van der Waals surface area contributed by atoms with Gasteiger partial charge in [-0.25, -0.2) is 0 Å². The molecule has 5 nitrogen and oxygen atoms in total. The van der Waals surface area contributed by atoms with E-state index in [1.54, 1.807) is 0 Å². The van der Waals surface area contributed by atoms with Crippen LogP contribution in [-0.2, 0) is 21.0 Å². The van der Waals surface area contributed by atoms with Gasteiger partial charge in [0, 0.05) is 0 Å². The zero-order chi connectivity index (χ0) is 6.99. The van der Waals surface area contributed by atoms with Crippen LogP contribution < -0.4 is 29.6 Å². The fourth-order valence-corrected chi connectivity index (χ4v) is 0. The number of carbonyl (C=O) groups is 2. The second kappa shape index (κ2) is 15.8. The zero-order valence-corrected chi connectivity index (χ0v) is 7.50. The third-order valence-corrected chi connectivity index (χ3v) is 0.0556. The SMILES string of the molecule is O=CC=O.O=S(O)O.[H-].[Na+]. The molecule has 0 amide bonds. The van der Waals surface area contributed by atoms with E-state index in [-0.39, 0.29) is 43.6 Å². The molecule has 0 aromatic heterocycles. The van der Waals surface area contributed by atoms with Crippen LogP contribution in [0.2, 0.25) is 0 Å². The van der Waals surface area contributed by atoms with E-state index in [2.05, 4.69) is 0 Å². The molecular weight excluding hydrogens is 159 g/mol. The summed E-state index contributed by atoms with van der Waals surface area (Å²) in [6.45, 7) is 0. The summed E-state index contributed by atoms with van der Waals surface area (Å²) in [7, 11) is 0. The molecule has 0 aliphatic heterocycles. The first-order valence-electron chi connectivity index (χ1n) is 1.34. The van der Waals surface area contributed by atoms with Gasteiger partial charge in [-0.1, -0.05) is 0 Å². The molecule has 7 heteroatoms. The van der Waals surface area contributed by atoms with Crippen LogP contribution in [0.15, 0.2) is 0 Å². The maximum absolute atomic E-state index is 8.81. The molecule has 0 bridgehead atoms. The van der Waals surface area contributed by atoms with Gasteiger partial charge in [-0.2, -0.15) is 4.21 Å². The molecule has 0 saturated carbocycles. The average Bonchev–Trinajstić information content (AvgIpc) is 1.65. The molecule has 0 atom stereocenters. The normalized spacial score (nSPS) is 6.11. The summed E-state index contributed by atoms with van der Waals surface area (Å²) in [5.74, 6) is 0. The molecule has 0 aromatic rings. The van der Waals surface area contributed by atoms with Gasteiger partial charge in [-0.15, -0.1) is 0 Å². The molecule has 50 valence electrons. The van der Waals surface area contributed by atoms with E-state index in [1.165, 1.54) is 0 Å². The molecule has 0 heterocycles. The molecule has 2 N–H and O–H groups in total. The van der Waals surface area contributed by atoms with Crippen LogP contribution in [0.3, 0.4) is 0 Å². The number of hydrogen-bond acceptors (Lipinski definition) is 3. The summed E-state index contributed by atoms with van der Waals surface area (Å²) < 4.78 is 22.8. The van der Waals surface area contributed by atoms with Crippen LogP contribution in [0.1, 0.15) is 1.43 Å². The fourth-order valence-electron chi connectivity index (χ4n) is 0. The number of hydrogen-bond donors (Lipinski definition) is 2. The van der Waals surface area contributed by atoms with E-state index >= 15 is 0 Å². The first-order chi connectivity index (χ1) is 3.65. The summed E-state index contributed by atoms with van der Waals surface area (Å²) in [6.07, 6.45) is 0.389. The van der Waals surface area contributed by atoms with Gasteiger partial charge in [0.15, 0.2) is 12.6 Å². The molecule has 0 aliphatic rings. The molecule has 0 spiro atoms. The predicted octanol–water partition coefficient (Wildman–Crippen LogP) is -3.82. The van der Waals surface area contributed by atoms with Gasteiger partial charge in [-0.05, 0) is 0 Å². The second-order valence-electron chi connectivity index (χ2n) is 0.503. The van der Waals surface area contributed by atoms with Gasteiger partial charge in [0.25, 0.3) is 11.4 Å². The van der Waals surface area contributed by atoms with E-state index in [9.17, 15) is 0 Å². The Balaban J connectivity index is -0.0000000300. The van der Waals surface area contributed by atoms with Gasteiger partial charge < -0.3 is 1.43 Å². The molecule has 0 rings (SSSR count). The third kappa shape index (κ3) is 174. The standard InChI is InChI=1S/C2H2O2.Na.H2O3S.H/c3-1-2-4;;1-4(2)3;/h1-2H;;(H2,1,2,3);/q;+1;;-1. The van der Waals surface area contributed by atoms with E-state index in [0.29, 0.717) is 0 Å². The van der Waals surface area contributed by atoms with Crippen molar-refractivity contribution in [2.75, 3.05) is 0 Å². The molecular formula is C2H5NaO5S. The van der Waals surface area contributed by atoms with Gasteiger partial charge in [0.1, 0.15) is 0 Å². The van der Waals surface area contributed by atoms with Crippen molar-refractivity contribution in [2.45, 2.75) is 0 Å². The van der Waals surface area contributed by atoms with Crippen molar-refractivity contribution in [1.82, 2.24) is 0 Å². The van der Waals surface area contributed by atoms with Gasteiger partial charge in [-0.3, -0.25) is 18.7 Å². The van der Waals surface area contributed by atoms with Crippen molar-refractivity contribution >= 4 is 23.9 Å². The maximum atomic E-state index is 8.81. The largest absolute Gasteiger partial charge is 1.00 e. The van der Waals surface area contributed by atoms with E-state index < -0.39 is 11.4 Å². The Labute approximate surface area is 77.7 Å². The fraction of sp³-hybridized carbons (Fsp3) is 0. The number of aldehydes is 2. The minimum absolute atomic E-state index is 0. The van der Waals surface area contributed by atoms with E-state index in [4.69, 9.17) is 22.9 Å². The molecule has 0 unspecified atom stereocenters. The molecule has 0 aromatic carbocycles. The first-order valence-corrected chi connectivity index (χ1v) is 2.40. The Morgan fingerprint density at radius 1 is 1.22 bits per heavy atom. The van der Waals surface area contributed by atoms with E-state index in [0.717, 1.165) is 0 Å². The van der Waals surface area contributed by atoms with Crippen LogP contribution in [0, 0.1) is 0 Å². The van der Waals surface area contributed by atoms with E-state index in [1.807, 2.05) is 0 Å². The van der Waals surface area contributed by atoms with Crippen LogP contribution in [0.5, 0.6) is 0 Å². The Morgan fingerprint density at radius 3 is 1.33 bits per heavy atom. The summed E-state index contributed by atoms with van der Waals surface area (Å²) in [4.78, 5) is 17.6. The van der Waals surface area contributed by atoms with Crippen LogP contribution in [0.4, 0.5) is 0 Å². The Morgan fingerprint density at radius 2 is 1.33 bits per heavy atom. The van der Waals surface area contributed by atoms with Crippen molar-refractivity contribution in [1.29, 1.82) is 0 Å². The number of rotatable bonds is 1. The number of carbonyl (C=O) groups excluding carboxylic acids is 2. The van der Waals surface area contributed by atoms with Crippen molar-refractivity contribution < 1.29 is 53.9 Å². The van der Waals surface area contributed by atoms with Gasteiger partial charge in [0.05, 0.1) is 0 Å². The minimum Gasteiger partial charge on any atom is -1.00 e. The van der Waals surface area contributed by atoms with Gasteiger partial charge >= 0.3 is 29.6 Å². The molecule has 0 saturated heterocycles. The Hall–Kier alpha value is 0.410. The molecule has 0 fully saturated rings. The van der Waals surface area contributed by atoms with Crippen molar-refractivity contribution in [3.05, 3.63) is 0 Å². The van der Waals surface area contributed by atoms with Crippen LogP contribution in [-0.4, -0.2) is 25.9 Å². The molecule has 9 heavy (non-hydrogen) atoms. The quantitative estimate of drug-likeness (QED) is 0.179. The van der Waals surface area contributed by atoms with Crippen LogP contribution in [0.25, 0.3) is 0 Å². The Bertz CT molecular complexity index is 87.6.